The molecule has 3 N–H and O–H groups in total. The van der Waals surface area contributed by atoms with E-state index in [1.54, 1.807) is 0 Å². The van der Waals surface area contributed by atoms with E-state index in [0.29, 0.717) is 30.2 Å². The van der Waals surface area contributed by atoms with E-state index in [0.717, 1.165) is 6.42 Å². The lowest BCUT2D eigenvalue weighted by Crippen LogP contribution is -2.34. The molecule has 2 aromatic heterocycles. The number of ether oxygens (including phenoxy) is 3. The summed E-state index contributed by atoms with van der Waals surface area (Å²) in [6.45, 7) is 2.41. The van der Waals surface area contributed by atoms with Gasteiger partial charge >= 0.3 is 5.97 Å². The first-order chi connectivity index (χ1) is 13.0. The number of hydrogen-bond acceptors (Lipinski definition) is 10. The summed E-state index contributed by atoms with van der Waals surface area (Å²) in [6, 6.07) is 0.150. The zero-order valence-corrected chi connectivity index (χ0v) is 14.7. The van der Waals surface area contributed by atoms with Crippen molar-refractivity contribution in [1.82, 2.24) is 19.5 Å². The van der Waals surface area contributed by atoms with Crippen molar-refractivity contribution in [2.75, 3.05) is 25.1 Å². The number of carbonyl (C=O) groups is 1. The molecule has 11 nitrogen and oxygen atoms in total. The lowest BCUT2D eigenvalue weighted by atomic mass is 10.1. The van der Waals surface area contributed by atoms with E-state index in [1.807, 2.05) is 0 Å². The van der Waals surface area contributed by atoms with Crippen LogP contribution in [0, 0.1) is 0 Å². The van der Waals surface area contributed by atoms with Crippen LogP contribution in [-0.4, -0.2) is 79.9 Å². The summed E-state index contributed by atoms with van der Waals surface area (Å²) in [5, 5.41) is 23.9. The molecule has 27 heavy (non-hydrogen) atoms. The summed E-state index contributed by atoms with van der Waals surface area (Å²) in [7, 11) is 0. The number of nitrogens with one attached hydrogen (secondary N) is 1. The zero-order chi connectivity index (χ0) is 19.0. The Hall–Kier alpha value is -2.34. The topological polar surface area (TPSA) is 141 Å². The summed E-state index contributed by atoms with van der Waals surface area (Å²) >= 11 is 0. The third-order valence-corrected chi connectivity index (χ3v) is 4.69. The van der Waals surface area contributed by atoms with Crippen molar-refractivity contribution in [2.45, 2.75) is 43.9 Å². The second kappa shape index (κ2) is 7.35. The maximum absolute atomic E-state index is 11.0. The van der Waals surface area contributed by atoms with Crippen molar-refractivity contribution >= 4 is 23.0 Å². The minimum absolute atomic E-state index is 0.150. The third kappa shape index (κ3) is 3.46. The van der Waals surface area contributed by atoms with Crippen LogP contribution in [0.5, 0.6) is 0 Å². The van der Waals surface area contributed by atoms with Crippen molar-refractivity contribution < 1.29 is 29.2 Å². The molecule has 2 saturated heterocycles. The summed E-state index contributed by atoms with van der Waals surface area (Å²) < 4.78 is 17.5. The number of fused-ring (bicyclic) bond motifs is 1. The van der Waals surface area contributed by atoms with Gasteiger partial charge in [0.2, 0.25) is 0 Å². The minimum Gasteiger partial charge on any atom is -0.463 e. The van der Waals surface area contributed by atoms with Crippen LogP contribution >= 0.6 is 0 Å². The van der Waals surface area contributed by atoms with Crippen molar-refractivity contribution in [3.8, 4) is 0 Å². The zero-order valence-electron chi connectivity index (χ0n) is 14.7. The van der Waals surface area contributed by atoms with Crippen LogP contribution in [0.2, 0.25) is 0 Å². The van der Waals surface area contributed by atoms with Gasteiger partial charge in [0.15, 0.2) is 23.2 Å². The average molecular weight is 379 g/mol. The molecule has 11 heteroatoms. The van der Waals surface area contributed by atoms with E-state index >= 15 is 0 Å². The Bertz CT molecular complexity index is 823. The van der Waals surface area contributed by atoms with E-state index in [-0.39, 0.29) is 12.6 Å². The molecule has 1 unspecified atom stereocenters. The maximum atomic E-state index is 11.0. The van der Waals surface area contributed by atoms with Gasteiger partial charge in [0.1, 0.15) is 31.2 Å². The Kier molecular flexibility index (Phi) is 4.91. The summed E-state index contributed by atoms with van der Waals surface area (Å²) in [5.41, 5.74) is 0.980. The first-order valence-corrected chi connectivity index (χ1v) is 8.71. The molecule has 2 aliphatic rings. The standard InChI is InChI=1S/C16H21N5O6/c1-8(22)26-5-10-12(23)13(24)16(27-10)21-7-19-11-14(17-6-18-15(11)21)20-9-2-3-25-4-9/h6-7,9-10,12-13,16,23-24H,2-5H2,1H3,(H,17,18,20)/t9-,10-,12-,13-,16?/m1/s1. The fourth-order valence-corrected chi connectivity index (χ4v) is 3.28. The molecule has 2 fully saturated rings. The molecule has 0 saturated carbocycles. The molecule has 0 radical (unpaired) electrons. The van der Waals surface area contributed by atoms with E-state index < -0.39 is 30.5 Å². The molecule has 5 atom stereocenters. The monoisotopic (exact) mass is 379 g/mol. The number of aliphatic hydroxyl groups is 2. The number of aliphatic hydroxyl groups excluding tert-OH is 2. The lowest BCUT2D eigenvalue weighted by molar-refractivity contribution is -0.147. The number of rotatable bonds is 5. The van der Waals surface area contributed by atoms with Gasteiger partial charge in [-0.2, -0.15) is 0 Å². The largest absolute Gasteiger partial charge is 0.463 e. The fourth-order valence-electron chi connectivity index (χ4n) is 3.28. The molecule has 4 rings (SSSR count). The molecular formula is C16H21N5O6. The number of imidazole rings is 1. The molecule has 0 spiro atoms. The molecule has 0 bridgehead atoms. The van der Waals surface area contributed by atoms with Crippen LogP contribution in [0.3, 0.4) is 0 Å². The van der Waals surface area contributed by atoms with Gasteiger partial charge < -0.3 is 29.7 Å². The number of nitrogens with zero attached hydrogens (tertiary/aromatic N) is 4. The van der Waals surface area contributed by atoms with E-state index in [9.17, 15) is 15.0 Å². The second-order valence-corrected chi connectivity index (χ2v) is 6.60. The molecular weight excluding hydrogens is 358 g/mol. The summed E-state index contributed by atoms with van der Waals surface area (Å²) in [6.07, 6.45) is -0.443. The van der Waals surface area contributed by atoms with Gasteiger partial charge in [-0.1, -0.05) is 0 Å². The molecule has 146 valence electrons. The Morgan fingerprint density at radius 2 is 2.22 bits per heavy atom. The number of esters is 1. The van der Waals surface area contributed by atoms with Crippen LogP contribution in [-0.2, 0) is 19.0 Å². The quantitative estimate of drug-likeness (QED) is 0.566. The minimum atomic E-state index is -1.22. The van der Waals surface area contributed by atoms with Crippen LogP contribution in [0.15, 0.2) is 12.7 Å². The van der Waals surface area contributed by atoms with Crippen molar-refractivity contribution in [3.63, 3.8) is 0 Å². The van der Waals surface area contributed by atoms with Crippen molar-refractivity contribution in [1.29, 1.82) is 0 Å². The predicted molar refractivity (Wildman–Crippen MR) is 90.7 cm³/mol. The molecule has 2 aliphatic heterocycles. The molecule has 0 aliphatic carbocycles. The van der Waals surface area contributed by atoms with E-state index in [2.05, 4.69) is 20.3 Å². The second-order valence-electron chi connectivity index (χ2n) is 6.60. The van der Waals surface area contributed by atoms with Gasteiger partial charge in [0, 0.05) is 13.5 Å². The van der Waals surface area contributed by atoms with Crippen molar-refractivity contribution in [2.24, 2.45) is 0 Å². The van der Waals surface area contributed by atoms with Crippen molar-refractivity contribution in [3.05, 3.63) is 12.7 Å². The Labute approximate surface area is 154 Å². The van der Waals surface area contributed by atoms with Crippen LogP contribution in [0.25, 0.3) is 11.2 Å². The summed E-state index contributed by atoms with van der Waals surface area (Å²) in [5.74, 6) is 0.0786. The van der Waals surface area contributed by atoms with Gasteiger partial charge in [-0.15, -0.1) is 0 Å². The highest BCUT2D eigenvalue weighted by atomic mass is 16.6. The third-order valence-electron chi connectivity index (χ3n) is 4.69. The normalized spacial score (nSPS) is 30.7. The van der Waals surface area contributed by atoms with E-state index in [1.165, 1.54) is 24.1 Å². The highest BCUT2D eigenvalue weighted by Gasteiger charge is 2.44. The fraction of sp³-hybridized carbons (Fsp3) is 0.625. The van der Waals surface area contributed by atoms with Crippen LogP contribution in [0.4, 0.5) is 5.82 Å². The number of aromatic nitrogens is 4. The predicted octanol–water partition coefficient (Wildman–Crippen LogP) is -0.791. The molecule has 2 aromatic rings. The van der Waals surface area contributed by atoms with Gasteiger partial charge in [0.05, 0.1) is 19.0 Å². The smallest absolute Gasteiger partial charge is 0.302 e. The van der Waals surface area contributed by atoms with Gasteiger partial charge in [-0.3, -0.25) is 9.36 Å². The lowest BCUT2D eigenvalue weighted by Gasteiger charge is -2.17. The number of carbonyl (C=O) groups excluding carboxylic acids is 1. The maximum Gasteiger partial charge on any atom is 0.302 e. The number of hydrogen-bond donors (Lipinski definition) is 3. The van der Waals surface area contributed by atoms with Crippen LogP contribution < -0.4 is 5.32 Å². The van der Waals surface area contributed by atoms with Crippen LogP contribution in [0.1, 0.15) is 19.6 Å². The molecule has 0 amide bonds. The van der Waals surface area contributed by atoms with E-state index in [4.69, 9.17) is 14.2 Å². The van der Waals surface area contributed by atoms with Gasteiger partial charge in [-0.05, 0) is 6.42 Å². The average Bonchev–Trinajstić information content (AvgIpc) is 3.36. The molecule has 0 aromatic carbocycles. The first-order valence-electron chi connectivity index (χ1n) is 8.71. The Morgan fingerprint density at radius 3 is 2.96 bits per heavy atom. The highest BCUT2D eigenvalue weighted by molar-refractivity contribution is 5.82. The Balaban J connectivity index is 1.57. The molecule has 4 heterocycles. The summed E-state index contributed by atoms with van der Waals surface area (Å²) in [4.78, 5) is 23.8. The highest BCUT2D eigenvalue weighted by Crippen LogP contribution is 2.32. The van der Waals surface area contributed by atoms with Gasteiger partial charge in [-0.25, -0.2) is 15.0 Å². The SMILES string of the molecule is CC(=O)OC[C@H]1OC(n2cnc3c(N[C@@H]4CCOC4)ncnc32)[C@H](O)[C@@H]1O. The van der Waals surface area contributed by atoms with Gasteiger partial charge in [0.25, 0.3) is 0 Å². The Morgan fingerprint density at radius 1 is 1.37 bits per heavy atom. The first kappa shape index (κ1) is 18.0. The number of anilines is 1.